The van der Waals surface area contributed by atoms with Gasteiger partial charge in [-0.05, 0) is 36.6 Å². The highest BCUT2D eigenvalue weighted by Crippen LogP contribution is 2.31. The van der Waals surface area contributed by atoms with E-state index in [2.05, 4.69) is 0 Å². The van der Waals surface area contributed by atoms with Crippen LogP contribution in [0.1, 0.15) is 18.4 Å². The summed E-state index contributed by atoms with van der Waals surface area (Å²) in [5.74, 6) is 0.950. The highest BCUT2D eigenvalue weighted by Gasteiger charge is 2.31. The number of ketones is 1. The van der Waals surface area contributed by atoms with E-state index in [1.165, 1.54) is 0 Å². The molecule has 1 saturated carbocycles. The molecule has 108 valence electrons. The molecule has 2 unspecified atom stereocenters. The van der Waals surface area contributed by atoms with Gasteiger partial charge in [0.05, 0.1) is 19.1 Å². The summed E-state index contributed by atoms with van der Waals surface area (Å²) >= 11 is 6.09. The van der Waals surface area contributed by atoms with Gasteiger partial charge in [0.15, 0.2) is 5.78 Å². The number of carbonyl (C=O) groups excluding carboxylic acids is 1. The summed E-state index contributed by atoms with van der Waals surface area (Å²) in [6.07, 6.45) is 3.52. The fourth-order valence-electron chi connectivity index (χ4n) is 2.46. The molecule has 3 nitrogen and oxygen atoms in total. The Morgan fingerprint density at radius 1 is 1.25 bits per heavy atom. The van der Waals surface area contributed by atoms with E-state index in [-0.39, 0.29) is 11.7 Å². The van der Waals surface area contributed by atoms with Gasteiger partial charge in [0, 0.05) is 18.6 Å². The maximum atomic E-state index is 12.3. The summed E-state index contributed by atoms with van der Waals surface area (Å²) < 4.78 is 10.3. The summed E-state index contributed by atoms with van der Waals surface area (Å²) in [6, 6.07) is 7.62. The van der Waals surface area contributed by atoms with Gasteiger partial charge in [-0.2, -0.15) is 0 Å². The first-order chi connectivity index (χ1) is 9.65. The molecule has 0 saturated heterocycles. The maximum Gasteiger partial charge on any atom is 0.177 e. The summed E-state index contributed by atoms with van der Waals surface area (Å²) in [5.41, 5.74) is 1.74. The van der Waals surface area contributed by atoms with Gasteiger partial charge in [-0.25, -0.2) is 0 Å². The molecular weight excluding hydrogens is 276 g/mol. The van der Waals surface area contributed by atoms with Crippen LogP contribution in [0.3, 0.4) is 0 Å². The molecular formula is C16H19ClO3. The number of benzene rings is 1. The third-order valence-corrected chi connectivity index (χ3v) is 4.00. The van der Waals surface area contributed by atoms with Crippen molar-refractivity contribution in [3.05, 3.63) is 35.4 Å². The Morgan fingerprint density at radius 2 is 1.95 bits per heavy atom. The number of rotatable bonds is 4. The van der Waals surface area contributed by atoms with Crippen LogP contribution in [-0.4, -0.2) is 32.0 Å². The van der Waals surface area contributed by atoms with Gasteiger partial charge >= 0.3 is 0 Å². The Labute approximate surface area is 124 Å². The fraction of sp³-hybridized carbons (Fsp3) is 0.438. The monoisotopic (exact) mass is 294 g/mol. The first kappa shape index (κ1) is 15.1. The number of Topliss-reactive ketones (excluding diaryl/α,β-unsaturated/α-hetero) is 1. The third-order valence-electron chi connectivity index (χ3n) is 3.58. The van der Waals surface area contributed by atoms with E-state index in [0.717, 1.165) is 23.3 Å². The van der Waals surface area contributed by atoms with Crippen LogP contribution in [0.4, 0.5) is 0 Å². The predicted molar refractivity (Wildman–Crippen MR) is 80.2 cm³/mol. The van der Waals surface area contributed by atoms with Gasteiger partial charge in [0.2, 0.25) is 0 Å². The van der Waals surface area contributed by atoms with Crippen LogP contribution in [0.25, 0.3) is 6.08 Å². The van der Waals surface area contributed by atoms with Crippen LogP contribution in [0.5, 0.6) is 5.75 Å². The molecule has 0 radical (unpaired) electrons. The van der Waals surface area contributed by atoms with Crippen LogP contribution >= 0.6 is 11.6 Å². The lowest BCUT2D eigenvalue weighted by molar-refractivity contribution is -0.117. The minimum absolute atomic E-state index is 0.0239. The van der Waals surface area contributed by atoms with Crippen LogP contribution in [0, 0.1) is 5.92 Å². The lowest BCUT2D eigenvalue weighted by Crippen LogP contribution is -2.30. The minimum atomic E-state index is -0.410. The molecule has 1 aliphatic rings. The minimum Gasteiger partial charge on any atom is -0.497 e. The molecule has 0 amide bonds. The van der Waals surface area contributed by atoms with Gasteiger partial charge in [-0.15, -0.1) is 11.6 Å². The topological polar surface area (TPSA) is 35.5 Å². The van der Waals surface area contributed by atoms with Gasteiger partial charge < -0.3 is 9.47 Å². The van der Waals surface area contributed by atoms with Crippen LogP contribution in [0.2, 0.25) is 0 Å². The Bertz CT molecular complexity index is 493. The molecule has 1 aromatic rings. The normalized spacial score (nSPS) is 24.9. The second-order valence-electron chi connectivity index (χ2n) is 4.93. The Hall–Kier alpha value is -1.32. The van der Waals surface area contributed by atoms with Crippen LogP contribution in [-0.2, 0) is 9.53 Å². The van der Waals surface area contributed by atoms with Crippen LogP contribution in [0.15, 0.2) is 29.8 Å². The number of hydrogen-bond acceptors (Lipinski definition) is 3. The molecule has 0 N–H and O–H groups in total. The van der Waals surface area contributed by atoms with Crippen molar-refractivity contribution >= 4 is 23.5 Å². The number of methoxy groups -OCH3 is 2. The predicted octanol–water partition coefficient (Wildman–Crippen LogP) is 3.31. The van der Waals surface area contributed by atoms with Crippen molar-refractivity contribution in [1.82, 2.24) is 0 Å². The highest BCUT2D eigenvalue weighted by atomic mass is 35.5. The second kappa shape index (κ2) is 6.91. The zero-order chi connectivity index (χ0) is 14.5. The largest absolute Gasteiger partial charge is 0.497 e. The first-order valence-corrected chi connectivity index (χ1v) is 7.12. The van der Waals surface area contributed by atoms with Gasteiger partial charge in [-0.3, -0.25) is 4.79 Å². The first-order valence-electron chi connectivity index (χ1n) is 6.68. The molecule has 1 fully saturated rings. The second-order valence-corrected chi connectivity index (χ2v) is 5.46. The fourth-order valence-corrected chi connectivity index (χ4v) is 2.71. The zero-order valence-electron chi connectivity index (χ0n) is 11.8. The molecule has 0 heterocycles. The molecule has 1 aromatic carbocycles. The Kier molecular flexibility index (Phi) is 5.21. The molecule has 2 atom stereocenters. The summed E-state index contributed by atoms with van der Waals surface area (Å²) in [4.78, 5) is 12.3. The average molecular weight is 295 g/mol. The lowest BCUT2D eigenvalue weighted by Gasteiger charge is -2.26. The third kappa shape index (κ3) is 3.41. The Morgan fingerprint density at radius 3 is 2.55 bits per heavy atom. The van der Waals surface area contributed by atoms with E-state index in [0.29, 0.717) is 13.0 Å². The van der Waals surface area contributed by atoms with Crippen molar-refractivity contribution in [3.63, 3.8) is 0 Å². The van der Waals surface area contributed by atoms with Crippen molar-refractivity contribution in [3.8, 4) is 5.75 Å². The maximum absolute atomic E-state index is 12.3. The zero-order valence-corrected chi connectivity index (χ0v) is 12.5. The van der Waals surface area contributed by atoms with E-state index in [4.69, 9.17) is 21.1 Å². The number of alkyl halides is 1. The number of hydrogen-bond donors (Lipinski definition) is 0. The molecule has 0 bridgehead atoms. The molecule has 2 rings (SSSR count). The SMILES string of the molecule is COCC1CCC(Cl)C(=O)C1=Cc1ccc(OC)cc1. The summed E-state index contributed by atoms with van der Waals surface area (Å²) in [7, 11) is 3.28. The summed E-state index contributed by atoms with van der Waals surface area (Å²) in [5, 5.41) is -0.410. The molecule has 1 aliphatic carbocycles. The molecule has 20 heavy (non-hydrogen) atoms. The lowest BCUT2D eigenvalue weighted by atomic mass is 9.82. The van der Waals surface area contributed by atoms with Crippen molar-refractivity contribution < 1.29 is 14.3 Å². The molecule has 0 aliphatic heterocycles. The number of halogens is 1. The average Bonchev–Trinajstić information content (AvgIpc) is 2.47. The van der Waals surface area contributed by atoms with Gasteiger partial charge in [-0.1, -0.05) is 12.1 Å². The van der Waals surface area contributed by atoms with E-state index in [1.54, 1.807) is 14.2 Å². The quantitative estimate of drug-likeness (QED) is 0.631. The smallest absolute Gasteiger partial charge is 0.177 e. The van der Waals surface area contributed by atoms with Crippen molar-refractivity contribution in [2.24, 2.45) is 5.92 Å². The van der Waals surface area contributed by atoms with E-state index in [1.807, 2.05) is 30.3 Å². The molecule has 4 heteroatoms. The molecule has 0 spiro atoms. The van der Waals surface area contributed by atoms with Crippen molar-refractivity contribution in [2.75, 3.05) is 20.8 Å². The standard InChI is InChI=1S/C16H19ClO3/c1-19-10-12-5-8-15(17)16(18)14(12)9-11-3-6-13(20-2)7-4-11/h3-4,6-7,9,12,15H,5,8,10H2,1-2H3. The number of carbonyl (C=O) groups is 1. The Balaban J connectivity index is 2.27. The van der Waals surface area contributed by atoms with E-state index >= 15 is 0 Å². The summed E-state index contributed by atoms with van der Waals surface area (Å²) in [6.45, 7) is 0.553. The van der Waals surface area contributed by atoms with E-state index in [9.17, 15) is 4.79 Å². The van der Waals surface area contributed by atoms with Gasteiger partial charge in [0.1, 0.15) is 5.75 Å². The van der Waals surface area contributed by atoms with Crippen molar-refractivity contribution in [1.29, 1.82) is 0 Å². The van der Waals surface area contributed by atoms with Crippen molar-refractivity contribution in [2.45, 2.75) is 18.2 Å². The highest BCUT2D eigenvalue weighted by molar-refractivity contribution is 6.34. The molecule has 0 aromatic heterocycles. The van der Waals surface area contributed by atoms with Gasteiger partial charge in [0.25, 0.3) is 0 Å². The number of ether oxygens (including phenoxy) is 2. The van der Waals surface area contributed by atoms with Crippen LogP contribution < -0.4 is 4.74 Å². The van der Waals surface area contributed by atoms with E-state index < -0.39 is 5.38 Å².